The fourth-order valence-electron chi connectivity index (χ4n) is 4.78. The molecular weight excluding hydrogens is 457 g/mol. The summed E-state index contributed by atoms with van der Waals surface area (Å²) in [5.74, 6) is 0.0645. The smallest absolute Gasteiger partial charge is 0.273 e. The van der Waals surface area contributed by atoms with E-state index in [0.29, 0.717) is 21.8 Å². The zero-order chi connectivity index (χ0) is 23.7. The van der Waals surface area contributed by atoms with Crippen molar-refractivity contribution < 1.29 is 13.9 Å². The molecule has 2 aromatic heterocycles. The zero-order valence-corrected chi connectivity index (χ0v) is 20.0. The lowest BCUT2D eigenvalue weighted by Gasteiger charge is -2.35. The average molecular weight is 486 g/mol. The largest absolute Gasteiger partial charge is 0.494 e. The molecule has 0 bridgehead atoms. The summed E-state index contributed by atoms with van der Waals surface area (Å²) in [4.78, 5) is 39.0. The van der Waals surface area contributed by atoms with Crippen LogP contribution in [0.4, 0.5) is 9.52 Å². The Labute approximate surface area is 201 Å². The number of carbonyl (C=O) groups excluding carboxylic acids is 1. The number of halogens is 1. The van der Waals surface area contributed by atoms with Gasteiger partial charge in [0, 0.05) is 32.1 Å². The predicted molar refractivity (Wildman–Crippen MR) is 129 cm³/mol. The standard InChI is InChI=1S/C24H28FN5O3S/c1-33-19-6-5-16(13-18(19)25)14-30-15-26-21-20(23(30)32)34-24(27-21)29-11-7-17(8-12-29)22(31)28-9-3-2-4-10-28/h5-6,13,15,17H,2-4,7-12,14H2,1H3. The summed E-state index contributed by atoms with van der Waals surface area (Å²) < 4.78 is 20.9. The van der Waals surface area contributed by atoms with Gasteiger partial charge >= 0.3 is 0 Å². The Kier molecular flexibility index (Phi) is 6.49. The number of aromatic nitrogens is 3. The van der Waals surface area contributed by atoms with E-state index in [0.717, 1.165) is 57.0 Å². The number of hydrogen-bond acceptors (Lipinski definition) is 7. The highest BCUT2D eigenvalue weighted by molar-refractivity contribution is 7.22. The highest BCUT2D eigenvalue weighted by Gasteiger charge is 2.30. The van der Waals surface area contributed by atoms with Crippen molar-refractivity contribution in [3.05, 3.63) is 46.3 Å². The van der Waals surface area contributed by atoms with Crippen molar-refractivity contribution in [1.29, 1.82) is 0 Å². The van der Waals surface area contributed by atoms with Crippen molar-refractivity contribution >= 4 is 32.7 Å². The van der Waals surface area contributed by atoms with Crippen LogP contribution in [0.2, 0.25) is 0 Å². The van der Waals surface area contributed by atoms with Crippen LogP contribution in [0.1, 0.15) is 37.7 Å². The molecule has 0 atom stereocenters. The second-order valence-corrected chi connectivity index (χ2v) is 9.92. The van der Waals surface area contributed by atoms with Crippen LogP contribution in [0.3, 0.4) is 0 Å². The third-order valence-electron chi connectivity index (χ3n) is 6.72. The molecule has 0 spiro atoms. The van der Waals surface area contributed by atoms with E-state index < -0.39 is 5.82 Å². The Morgan fingerprint density at radius 1 is 1.18 bits per heavy atom. The van der Waals surface area contributed by atoms with E-state index in [1.807, 2.05) is 4.90 Å². The van der Waals surface area contributed by atoms with Crippen LogP contribution in [-0.4, -0.2) is 58.6 Å². The maximum Gasteiger partial charge on any atom is 0.273 e. The minimum absolute atomic E-state index is 0.0731. The number of likely N-dealkylation sites (tertiary alicyclic amines) is 1. The molecule has 0 radical (unpaired) electrons. The highest BCUT2D eigenvalue weighted by Crippen LogP contribution is 2.30. The Balaban J connectivity index is 1.28. The molecule has 8 nitrogen and oxygen atoms in total. The minimum atomic E-state index is -0.468. The SMILES string of the molecule is COc1ccc(Cn2cnc3nc(N4CCC(C(=O)N5CCCCC5)CC4)sc3c2=O)cc1F. The van der Waals surface area contributed by atoms with Crippen molar-refractivity contribution in [2.75, 3.05) is 38.2 Å². The quantitative estimate of drug-likeness (QED) is 0.552. The molecule has 2 aliphatic heterocycles. The van der Waals surface area contributed by atoms with Crippen molar-refractivity contribution in [2.24, 2.45) is 5.92 Å². The summed E-state index contributed by atoms with van der Waals surface area (Å²) in [7, 11) is 1.41. The minimum Gasteiger partial charge on any atom is -0.494 e. The van der Waals surface area contributed by atoms with Crippen molar-refractivity contribution in [3.63, 3.8) is 0 Å². The van der Waals surface area contributed by atoms with E-state index >= 15 is 0 Å². The Morgan fingerprint density at radius 2 is 1.94 bits per heavy atom. The van der Waals surface area contributed by atoms with Crippen LogP contribution in [0.5, 0.6) is 5.75 Å². The number of benzene rings is 1. The van der Waals surface area contributed by atoms with Crippen LogP contribution >= 0.6 is 11.3 Å². The summed E-state index contributed by atoms with van der Waals surface area (Å²) >= 11 is 1.33. The first kappa shape index (κ1) is 22.8. The first-order valence-electron chi connectivity index (χ1n) is 11.8. The van der Waals surface area contributed by atoms with Gasteiger partial charge in [-0.2, -0.15) is 4.98 Å². The molecule has 0 N–H and O–H groups in total. The fourth-order valence-corrected chi connectivity index (χ4v) is 5.80. The molecule has 5 rings (SSSR count). The molecule has 2 fully saturated rings. The van der Waals surface area contributed by atoms with Gasteiger partial charge in [0.2, 0.25) is 5.91 Å². The number of hydrogen-bond donors (Lipinski definition) is 0. The van der Waals surface area contributed by atoms with Crippen molar-refractivity contribution in [3.8, 4) is 5.75 Å². The van der Waals surface area contributed by atoms with Gasteiger partial charge in [0.15, 0.2) is 22.3 Å². The molecule has 0 saturated carbocycles. The molecule has 34 heavy (non-hydrogen) atoms. The molecule has 2 aliphatic rings. The van der Waals surface area contributed by atoms with Gasteiger partial charge < -0.3 is 14.5 Å². The Morgan fingerprint density at radius 3 is 2.65 bits per heavy atom. The fraction of sp³-hybridized carbons (Fsp3) is 0.500. The monoisotopic (exact) mass is 485 g/mol. The number of nitrogens with zero attached hydrogens (tertiary/aromatic N) is 5. The number of fused-ring (bicyclic) bond motifs is 1. The van der Waals surface area contributed by atoms with Crippen LogP contribution in [-0.2, 0) is 11.3 Å². The number of rotatable bonds is 5. The summed E-state index contributed by atoms with van der Waals surface area (Å²) in [5, 5.41) is 0.761. The predicted octanol–water partition coefficient (Wildman–Crippen LogP) is 3.28. The second kappa shape index (κ2) is 9.69. The van der Waals surface area contributed by atoms with Crippen molar-refractivity contribution in [2.45, 2.75) is 38.6 Å². The molecule has 1 aromatic carbocycles. The number of amides is 1. The van der Waals surface area contributed by atoms with Gasteiger partial charge in [0.05, 0.1) is 13.7 Å². The van der Waals surface area contributed by atoms with Gasteiger partial charge in [0.1, 0.15) is 11.0 Å². The number of anilines is 1. The van der Waals surface area contributed by atoms with Gasteiger partial charge in [-0.25, -0.2) is 9.37 Å². The molecule has 3 aromatic rings. The van der Waals surface area contributed by atoms with Crippen LogP contribution in [0.15, 0.2) is 29.3 Å². The van der Waals surface area contributed by atoms with Crippen LogP contribution in [0.25, 0.3) is 10.3 Å². The highest BCUT2D eigenvalue weighted by atomic mass is 32.1. The molecule has 0 unspecified atom stereocenters. The zero-order valence-electron chi connectivity index (χ0n) is 19.2. The van der Waals surface area contributed by atoms with E-state index in [2.05, 4.69) is 14.9 Å². The maximum absolute atomic E-state index is 14.0. The maximum atomic E-state index is 14.0. The van der Waals surface area contributed by atoms with E-state index in [-0.39, 0.29) is 23.8 Å². The summed E-state index contributed by atoms with van der Waals surface area (Å²) in [6.07, 6.45) is 6.48. The molecule has 2 saturated heterocycles. The number of ether oxygens (including phenoxy) is 1. The third-order valence-corrected chi connectivity index (χ3v) is 7.82. The van der Waals surface area contributed by atoms with Crippen molar-refractivity contribution in [1.82, 2.24) is 19.4 Å². The first-order chi connectivity index (χ1) is 16.5. The van der Waals surface area contributed by atoms with Gasteiger partial charge in [-0.15, -0.1) is 0 Å². The van der Waals surface area contributed by atoms with Gasteiger partial charge in [0.25, 0.3) is 5.56 Å². The van der Waals surface area contributed by atoms with Gasteiger partial charge in [-0.1, -0.05) is 17.4 Å². The van der Waals surface area contributed by atoms with E-state index in [1.165, 1.54) is 41.8 Å². The first-order valence-corrected chi connectivity index (χ1v) is 12.6. The van der Waals surface area contributed by atoms with Gasteiger partial charge in [-0.05, 0) is 49.8 Å². The number of carbonyl (C=O) groups is 1. The summed E-state index contributed by atoms with van der Waals surface area (Å²) in [6, 6.07) is 4.64. The van der Waals surface area contributed by atoms with Crippen LogP contribution < -0.4 is 15.2 Å². The molecular formula is C24H28FN5O3S. The lowest BCUT2D eigenvalue weighted by Crippen LogP contribution is -2.44. The molecule has 1 amide bonds. The molecule has 0 aliphatic carbocycles. The summed E-state index contributed by atoms with van der Waals surface area (Å²) in [5.41, 5.74) is 0.876. The molecule has 10 heteroatoms. The lowest BCUT2D eigenvalue weighted by atomic mass is 9.94. The van der Waals surface area contributed by atoms with E-state index in [1.54, 1.807) is 12.1 Å². The molecule has 4 heterocycles. The number of thiazole rings is 1. The Bertz CT molecular complexity index is 1250. The van der Waals surface area contributed by atoms with Gasteiger partial charge in [-0.3, -0.25) is 14.2 Å². The number of methoxy groups -OCH3 is 1. The normalized spacial score (nSPS) is 17.4. The lowest BCUT2D eigenvalue weighted by molar-refractivity contribution is -0.137. The Hall–Kier alpha value is -3.01. The second-order valence-electron chi connectivity index (χ2n) is 8.94. The summed E-state index contributed by atoms with van der Waals surface area (Å²) in [6.45, 7) is 3.46. The van der Waals surface area contributed by atoms with E-state index in [9.17, 15) is 14.0 Å². The molecule has 180 valence electrons. The number of piperidine rings is 2. The topological polar surface area (TPSA) is 80.6 Å². The average Bonchev–Trinajstić information content (AvgIpc) is 3.31. The van der Waals surface area contributed by atoms with Crippen LogP contribution in [0, 0.1) is 11.7 Å². The van der Waals surface area contributed by atoms with E-state index in [4.69, 9.17) is 4.74 Å². The third kappa shape index (κ3) is 4.51.